The molecule has 0 saturated carbocycles. The van der Waals surface area contributed by atoms with Crippen LogP contribution in [0, 0.1) is 0 Å². The van der Waals surface area contributed by atoms with Gasteiger partial charge in [-0.25, -0.2) is 9.98 Å². The van der Waals surface area contributed by atoms with Crippen molar-refractivity contribution >= 4 is 50.8 Å². The van der Waals surface area contributed by atoms with Crippen LogP contribution >= 0.6 is 23.1 Å². The molecule has 6 nitrogen and oxygen atoms in total. The van der Waals surface area contributed by atoms with Gasteiger partial charge in [0.15, 0.2) is 5.13 Å². The first-order valence-electron chi connectivity index (χ1n) is 8.29. The molecule has 2 N–H and O–H groups in total. The third-order valence-corrected chi connectivity index (χ3v) is 5.33. The Bertz CT molecular complexity index is 1220. The summed E-state index contributed by atoms with van der Waals surface area (Å²) >= 11 is 2.93. The molecule has 0 radical (unpaired) electrons. The van der Waals surface area contributed by atoms with Crippen molar-refractivity contribution in [1.82, 2.24) is 4.98 Å². The van der Waals surface area contributed by atoms with Gasteiger partial charge in [-0.05, 0) is 42.7 Å². The standard InChI is InChI=1S/C20H15N3O3S2/c1-27-15-4-2-3-13(10-15)22-19-16(18(25)23-20-21-7-8-28-20)9-12-5-6-14(24)11-17(12)26-19/h2-11,24H,1H3,(H,21,23,25). The Morgan fingerprint density at radius 2 is 2.14 bits per heavy atom. The number of aromatic hydroxyl groups is 1. The molecule has 0 unspecified atom stereocenters. The van der Waals surface area contributed by atoms with Crippen LogP contribution in [-0.4, -0.2) is 22.3 Å². The lowest BCUT2D eigenvalue weighted by atomic mass is 10.1. The van der Waals surface area contributed by atoms with Crippen molar-refractivity contribution in [2.45, 2.75) is 4.90 Å². The number of phenolic OH excluding ortho intramolecular Hbond substituents is 1. The Morgan fingerprint density at radius 1 is 1.25 bits per heavy atom. The van der Waals surface area contributed by atoms with Crippen LogP contribution < -0.4 is 10.9 Å². The first-order chi connectivity index (χ1) is 13.6. The molecule has 2 aromatic carbocycles. The summed E-state index contributed by atoms with van der Waals surface area (Å²) < 4.78 is 5.88. The summed E-state index contributed by atoms with van der Waals surface area (Å²) in [6.45, 7) is 0. The number of hydrogen-bond donors (Lipinski definition) is 2. The first-order valence-corrected chi connectivity index (χ1v) is 10.4. The highest BCUT2D eigenvalue weighted by molar-refractivity contribution is 7.98. The zero-order valence-corrected chi connectivity index (χ0v) is 16.4. The van der Waals surface area contributed by atoms with Crippen LogP contribution in [-0.2, 0) is 0 Å². The molecule has 0 saturated heterocycles. The predicted molar refractivity (Wildman–Crippen MR) is 111 cm³/mol. The van der Waals surface area contributed by atoms with E-state index in [0.29, 0.717) is 21.8 Å². The summed E-state index contributed by atoms with van der Waals surface area (Å²) in [6.07, 6.45) is 3.60. The highest BCUT2D eigenvalue weighted by Gasteiger charge is 2.14. The molecular formula is C20H15N3O3S2. The van der Waals surface area contributed by atoms with Gasteiger partial charge in [0.1, 0.15) is 16.9 Å². The smallest absolute Gasteiger partial charge is 0.262 e. The van der Waals surface area contributed by atoms with Crippen LogP contribution in [0.4, 0.5) is 10.8 Å². The van der Waals surface area contributed by atoms with E-state index in [0.717, 1.165) is 4.90 Å². The lowest BCUT2D eigenvalue weighted by Crippen LogP contribution is -2.21. The van der Waals surface area contributed by atoms with E-state index in [4.69, 9.17) is 4.42 Å². The number of carbonyl (C=O) groups excluding carboxylic acids is 1. The van der Waals surface area contributed by atoms with E-state index >= 15 is 0 Å². The number of thiazole rings is 1. The fourth-order valence-corrected chi connectivity index (χ4v) is 3.58. The number of benzene rings is 2. The number of phenols is 1. The van der Waals surface area contributed by atoms with E-state index in [1.807, 2.05) is 30.5 Å². The predicted octanol–water partition coefficient (Wildman–Crippen LogP) is 4.80. The van der Waals surface area contributed by atoms with Gasteiger partial charge in [0.2, 0.25) is 5.55 Å². The monoisotopic (exact) mass is 409 g/mol. The molecule has 0 fully saturated rings. The Morgan fingerprint density at radius 3 is 2.93 bits per heavy atom. The van der Waals surface area contributed by atoms with E-state index in [-0.39, 0.29) is 22.8 Å². The number of nitrogens with one attached hydrogen (secondary N) is 1. The van der Waals surface area contributed by atoms with Crippen LogP contribution in [0.25, 0.3) is 11.0 Å². The lowest BCUT2D eigenvalue weighted by Gasteiger charge is -2.06. The Labute approximate surface area is 168 Å². The van der Waals surface area contributed by atoms with Crippen molar-refractivity contribution in [3.63, 3.8) is 0 Å². The van der Waals surface area contributed by atoms with Crippen LogP contribution in [0.5, 0.6) is 5.75 Å². The second-order valence-electron chi connectivity index (χ2n) is 5.79. The number of amides is 1. The maximum atomic E-state index is 12.8. The largest absolute Gasteiger partial charge is 0.508 e. The maximum absolute atomic E-state index is 12.8. The van der Waals surface area contributed by atoms with E-state index in [1.54, 1.807) is 41.5 Å². The maximum Gasteiger partial charge on any atom is 0.262 e. The van der Waals surface area contributed by atoms with Gasteiger partial charge >= 0.3 is 0 Å². The van der Waals surface area contributed by atoms with Crippen molar-refractivity contribution < 1.29 is 14.3 Å². The number of nitrogens with zero attached hydrogens (tertiary/aromatic N) is 2. The van der Waals surface area contributed by atoms with Gasteiger partial charge in [0, 0.05) is 27.9 Å². The summed E-state index contributed by atoms with van der Waals surface area (Å²) in [5.41, 5.74) is 1.54. The van der Waals surface area contributed by atoms with Crippen molar-refractivity contribution in [3.8, 4) is 5.75 Å². The molecule has 0 aliphatic heterocycles. The molecule has 0 bridgehead atoms. The van der Waals surface area contributed by atoms with Crippen molar-refractivity contribution in [2.75, 3.05) is 11.6 Å². The van der Waals surface area contributed by atoms with Crippen molar-refractivity contribution in [1.29, 1.82) is 0 Å². The highest BCUT2D eigenvalue weighted by atomic mass is 32.2. The van der Waals surface area contributed by atoms with Gasteiger partial charge in [-0.15, -0.1) is 23.1 Å². The minimum Gasteiger partial charge on any atom is -0.508 e. The molecule has 0 spiro atoms. The lowest BCUT2D eigenvalue weighted by molar-refractivity contribution is 0.102. The quantitative estimate of drug-likeness (QED) is 0.473. The molecule has 4 aromatic rings. The zero-order chi connectivity index (χ0) is 19.5. The second-order valence-corrected chi connectivity index (χ2v) is 7.57. The van der Waals surface area contributed by atoms with Gasteiger partial charge < -0.3 is 9.52 Å². The third-order valence-electron chi connectivity index (χ3n) is 3.92. The molecule has 1 amide bonds. The summed E-state index contributed by atoms with van der Waals surface area (Å²) in [5, 5.41) is 15.5. The topological polar surface area (TPSA) is 87.7 Å². The molecule has 2 heterocycles. The zero-order valence-electron chi connectivity index (χ0n) is 14.7. The number of fused-ring (bicyclic) bond motifs is 1. The Hall–Kier alpha value is -3.10. The molecule has 28 heavy (non-hydrogen) atoms. The Balaban J connectivity index is 1.88. The fraction of sp³-hybridized carbons (Fsp3) is 0.0500. The van der Waals surface area contributed by atoms with E-state index in [1.165, 1.54) is 17.4 Å². The van der Waals surface area contributed by atoms with Crippen LogP contribution in [0.2, 0.25) is 0 Å². The molecule has 0 atom stereocenters. The van der Waals surface area contributed by atoms with Crippen molar-refractivity contribution in [2.24, 2.45) is 4.99 Å². The van der Waals surface area contributed by atoms with Crippen LogP contribution in [0.15, 0.2) is 74.4 Å². The van der Waals surface area contributed by atoms with Gasteiger partial charge in [-0.1, -0.05) is 6.07 Å². The number of aromatic nitrogens is 1. The van der Waals surface area contributed by atoms with E-state index in [2.05, 4.69) is 15.3 Å². The fourth-order valence-electron chi connectivity index (χ4n) is 2.60. The SMILES string of the molecule is CSc1cccc(N=c2oc3cc(O)ccc3cc2C(=O)Nc2nccs2)c1. The summed E-state index contributed by atoms with van der Waals surface area (Å²) in [5.74, 6) is -0.292. The average Bonchev–Trinajstić information content (AvgIpc) is 3.20. The molecule has 0 aliphatic carbocycles. The van der Waals surface area contributed by atoms with Gasteiger partial charge in [0.25, 0.3) is 5.91 Å². The van der Waals surface area contributed by atoms with Gasteiger partial charge in [0.05, 0.1) is 5.69 Å². The van der Waals surface area contributed by atoms with Crippen LogP contribution in [0.3, 0.4) is 0 Å². The molecule has 140 valence electrons. The summed E-state index contributed by atoms with van der Waals surface area (Å²) in [4.78, 5) is 22.5. The van der Waals surface area contributed by atoms with E-state index < -0.39 is 0 Å². The normalized spacial score (nSPS) is 11.7. The molecule has 0 aliphatic rings. The molecule has 4 rings (SSSR count). The number of rotatable bonds is 4. The summed E-state index contributed by atoms with van der Waals surface area (Å²) in [6, 6.07) is 14.0. The number of hydrogen-bond acceptors (Lipinski definition) is 7. The molecule has 8 heteroatoms. The minimum atomic E-state index is -0.367. The number of anilines is 1. The van der Waals surface area contributed by atoms with E-state index in [9.17, 15) is 9.90 Å². The molecule has 2 aromatic heterocycles. The van der Waals surface area contributed by atoms with Gasteiger partial charge in [-0.2, -0.15) is 0 Å². The average molecular weight is 409 g/mol. The number of carbonyl (C=O) groups is 1. The van der Waals surface area contributed by atoms with Gasteiger partial charge in [-0.3, -0.25) is 10.1 Å². The van der Waals surface area contributed by atoms with Crippen LogP contribution in [0.1, 0.15) is 10.4 Å². The molecular weight excluding hydrogens is 394 g/mol. The third kappa shape index (κ3) is 3.92. The minimum absolute atomic E-state index is 0.0755. The first kappa shape index (κ1) is 18.3. The number of thioether (sulfide) groups is 1. The Kier molecular flexibility index (Phi) is 5.14. The van der Waals surface area contributed by atoms with Crippen molar-refractivity contribution in [3.05, 3.63) is 71.2 Å². The summed E-state index contributed by atoms with van der Waals surface area (Å²) in [7, 11) is 0. The highest BCUT2D eigenvalue weighted by Crippen LogP contribution is 2.23. The second kappa shape index (κ2) is 7.87.